The number of rotatable bonds is 2. The second-order valence-electron chi connectivity index (χ2n) is 6.66. The van der Waals surface area contributed by atoms with E-state index in [0.29, 0.717) is 17.4 Å². The van der Waals surface area contributed by atoms with E-state index in [-0.39, 0.29) is 11.9 Å². The Morgan fingerprint density at radius 3 is 2.71 bits per heavy atom. The lowest BCUT2D eigenvalue weighted by atomic mass is 9.91. The van der Waals surface area contributed by atoms with E-state index in [1.807, 2.05) is 0 Å². The SMILES string of the molecule is CC1CCCNC1C(=O)NC1CCC(C)(C)C1. The molecule has 98 valence electrons. The second kappa shape index (κ2) is 4.97. The number of hydrogen-bond acceptors (Lipinski definition) is 2. The number of carbonyl (C=O) groups is 1. The van der Waals surface area contributed by atoms with Crippen molar-refractivity contribution in [1.29, 1.82) is 0 Å². The van der Waals surface area contributed by atoms with E-state index in [1.165, 1.54) is 19.3 Å². The van der Waals surface area contributed by atoms with Crippen molar-refractivity contribution in [3.8, 4) is 0 Å². The molecule has 1 saturated heterocycles. The molecule has 0 bridgehead atoms. The van der Waals surface area contributed by atoms with Gasteiger partial charge >= 0.3 is 0 Å². The summed E-state index contributed by atoms with van der Waals surface area (Å²) in [5, 5.41) is 6.58. The molecule has 1 aliphatic carbocycles. The highest BCUT2D eigenvalue weighted by atomic mass is 16.2. The first-order valence-corrected chi connectivity index (χ1v) is 7.02. The van der Waals surface area contributed by atoms with Crippen LogP contribution in [-0.2, 0) is 4.79 Å². The van der Waals surface area contributed by atoms with Crippen LogP contribution in [0.1, 0.15) is 52.9 Å². The second-order valence-corrected chi connectivity index (χ2v) is 6.66. The molecule has 3 atom stereocenters. The standard InChI is InChI=1S/C14H26N2O/c1-10-5-4-8-15-12(10)13(17)16-11-6-7-14(2,3)9-11/h10-12,15H,4-9H2,1-3H3,(H,16,17). The first kappa shape index (κ1) is 12.9. The average Bonchev–Trinajstić information content (AvgIpc) is 2.58. The number of amides is 1. The highest BCUT2D eigenvalue weighted by Gasteiger charge is 2.34. The molecule has 0 aromatic heterocycles. The van der Waals surface area contributed by atoms with Crippen molar-refractivity contribution in [3.63, 3.8) is 0 Å². The molecule has 1 heterocycles. The zero-order chi connectivity index (χ0) is 12.5. The van der Waals surface area contributed by atoms with Crippen LogP contribution < -0.4 is 10.6 Å². The van der Waals surface area contributed by atoms with Crippen molar-refractivity contribution in [1.82, 2.24) is 10.6 Å². The van der Waals surface area contributed by atoms with Crippen molar-refractivity contribution in [2.75, 3.05) is 6.54 Å². The molecular formula is C14H26N2O. The Labute approximate surface area is 105 Å². The lowest BCUT2D eigenvalue weighted by molar-refractivity contribution is -0.125. The van der Waals surface area contributed by atoms with E-state index < -0.39 is 0 Å². The highest BCUT2D eigenvalue weighted by Crippen LogP contribution is 2.37. The van der Waals surface area contributed by atoms with E-state index in [4.69, 9.17) is 0 Å². The van der Waals surface area contributed by atoms with Gasteiger partial charge in [0.05, 0.1) is 6.04 Å². The van der Waals surface area contributed by atoms with Crippen molar-refractivity contribution in [2.45, 2.75) is 65.0 Å². The van der Waals surface area contributed by atoms with Gasteiger partial charge in [-0.2, -0.15) is 0 Å². The average molecular weight is 238 g/mol. The van der Waals surface area contributed by atoms with Crippen LogP contribution in [0, 0.1) is 11.3 Å². The molecule has 1 aliphatic heterocycles. The van der Waals surface area contributed by atoms with Gasteiger partial charge in [0.25, 0.3) is 0 Å². The third-order valence-corrected chi connectivity index (χ3v) is 4.37. The third-order valence-electron chi connectivity index (χ3n) is 4.37. The highest BCUT2D eigenvalue weighted by molar-refractivity contribution is 5.82. The summed E-state index contributed by atoms with van der Waals surface area (Å²) in [6.45, 7) is 7.74. The Bertz CT molecular complexity index is 288. The summed E-state index contributed by atoms with van der Waals surface area (Å²) in [7, 11) is 0. The van der Waals surface area contributed by atoms with Crippen LogP contribution in [0.15, 0.2) is 0 Å². The fourth-order valence-electron chi connectivity index (χ4n) is 3.25. The fourth-order valence-corrected chi connectivity index (χ4v) is 3.25. The van der Waals surface area contributed by atoms with Crippen LogP contribution in [0.2, 0.25) is 0 Å². The number of carbonyl (C=O) groups excluding carboxylic acids is 1. The van der Waals surface area contributed by atoms with Crippen LogP contribution in [0.3, 0.4) is 0 Å². The molecule has 3 nitrogen and oxygen atoms in total. The Morgan fingerprint density at radius 1 is 1.35 bits per heavy atom. The van der Waals surface area contributed by atoms with E-state index in [1.54, 1.807) is 0 Å². The fraction of sp³-hybridized carbons (Fsp3) is 0.929. The number of piperidine rings is 1. The maximum atomic E-state index is 12.2. The lowest BCUT2D eigenvalue weighted by Crippen LogP contribution is -2.52. The summed E-state index contributed by atoms with van der Waals surface area (Å²) in [5.41, 5.74) is 0.406. The van der Waals surface area contributed by atoms with Gasteiger partial charge in [-0.3, -0.25) is 4.79 Å². The number of nitrogens with one attached hydrogen (secondary N) is 2. The summed E-state index contributed by atoms with van der Waals surface area (Å²) < 4.78 is 0. The molecule has 3 unspecified atom stereocenters. The molecule has 2 rings (SSSR count). The zero-order valence-electron chi connectivity index (χ0n) is 11.4. The van der Waals surface area contributed by atoms with E-state index in [9.17, 15) is 4.79 Å². The summed E-state index contributed by atoms with van der Waals surface area (Å²) >= 11 is 0. The van der Waals surface area contributed by atoms with Crippen molar-refractivity contribution in [3.05, 3.63) is 0 Å². The van der Waals surface area contributed by atoms with Gasteiger partial charge in [0.15, 0.2) is 0 Å². The van der Waals surface area contributed by atoms with Crippen LogP contribution >= 0.6 is 0 Å². The van der Waals surface area contributed by atoms with Crippen LogP contribution in [0.5, 0.6) is 0 Å². The summed E-state index contributed by atoms with van der Waals surface area (Å²) in [6.07, 6.45) is 5.86. The smallest absolute Gasteiger partial charge is 0.237 e. The summed E-state index contributed by atoms with van der Waals surface area (Å²) in [4.78, 5) is 12.2. The molecule has 1 amide bonds. The van der Waals surface area contributed by atoms with E-state index in [0.717, 1.165) is 19.4 Å². The Kier molecular flexibility index (Phi) is 3.76. The third kappa shape index (κ3) is 3.21. The van der Waals surface area contributed by atoms with Crippen molar-refractivity contribution >= 4 is 5.91 Å². The molecule has 2 aliphatic rings. The van der Waals surface area contributed by atoms with Crippen LogP contribution in [-0.4, -0.2) is 24.5 Å². The summed E-state index contributed by atoms with van der Waals surface area (Å²) in [6, 6.07) is 0.431. The van der Waals surface area contributed by atoms with Gasteiger partial charge in [0.2, 0.25) is 5.91 Å². The summed E-state index contributed by atoms with van der Waals surface area (Å²) in [5.74, 6) is 0.693. The molecule has 2 N–H and O–H groups in total. The maximum Gasteiger partial charge on any atom is 0.237 e. The Morgan fingerprint density at radius 2 is 2.12 bits per heavy atom. The minimum Gasteiger partial charge on any atom is -0.352 e. The molecule has 3 heteroatoms. The normalized spacial score (nSPS) is 36.8. The minimum absolute atomic E-state index is 0.0347. The van der Waals surface area contributed by atoms with E-state index in [2.05, 4.69) is 31.4 Å². The topological polar surface area (TPSA) is 41.1 Å². The maximum absolute atomic E-state index is 12.2. The van der Waals surface area contributed by atoms with Gasteiger partial charge in [-0.15, -0.1) is 0 Å². The lowest BCUT2D eigenvalue weighted by Gasteiger charge is -2.30. The van der Waals surface area contributed by atoms with Crippen molar-refractivity contribution < 1.29 is 4.79 Å². The van der Waals surface area contributed by atoms with Gasteiger partial charge in [0, 0.05) is 6.04 Å². The monoisotopic (exact) mass is 238 g/mol. The minimum atomic E-state index is 0.0347. The molecular weight excluding hydrogens is 212 g/mol. The molecule has 17 heavy (non-hydrogen) atoms. The van der Waals surface area contributed by atoms with Crippen molar-refractivity contribution in [2.24, 2.45) is 11.3 Å². The van der Waals surface area contributed by atoms with Gasteiger partial charge in [-0.05, 0) is 50.0 Å². The van der Waals surface area contributed by atoms with Gasteiger partial charge in [-0.1, -0.05) is 20.8 Å². The first-order chi connectivity index (χ1) is 7.98. The largest absolute Gasteiger partial charge is 0.352 e. The quantitative estimate of drug-likeness (QED) is 0.773. The predicted octanol–water partition coefficient (Wildman–Crippen LogP) is 2.07. The molecule has 0 aromatic carbocycles. The van der Waals surface area contributed by atoms with Crippen LogP contribution in [0.25, 0.3) is 0 Å². The molecule has 1 saturated carbocycles. The molecule has 0 aromatic rings. The van der Waals surface area contributed by atoms with Gasteiger partial charge in [-0.25, -0.2) is 0 Å². The van der Waals surface area contributed by atoms with E-state index >= 15 is 0 Å². The Balaban J connectivity index is 1.84. The number of hydrogen-bond donors (Lipinski definition) is 2. The zero-order valence-corrected chi connectivity index (χ0v) is 11.4. The van der Waals surface area contributed by atoms with Gasteiger partial charge in [0.1, 0.15) is 0 Å². The van der Waals surface area contributed by atoms with Crippen LogP contribution in [0.4, 0.5) is 0 Å². The predicted molar refractivity (Wildman–Crippen MR) is 69.8 cm³/mol. The molecule has 0 radical (unpaired) electrons. The van der Waals surface area contributed by atoms with Gasteiger partial charge < -0.3 is 10.6 Å². The molecule has 2 fully saturated rings. The first-order valence-electron chi connectivity index (χ1n) is 7.02. The molecule has 0 spiro atoms. The Hall–Kier alpha value is -0.570.